The Kier molecular flexibility index (Phi) is 3.47. The van der Waals surface area contributed by atoms with Gasteiger partial charge in [0, 0.05) is 11.4 Å². The highest BCUT2D eigenvalue weighted by Crippen LogP contribution is 2.22. The Hall–Kier alpha value is -2.08. The smallest absolute Gasteiger partial charge is 0.267 e. The van der Waals surface area contributed by atoms with Gasteiger partial charge >= 0.3 is 0 Å². The average molecular weight is 263 g/mol. The normalized spacial score (nSPS) is 10.1. The van der Waals surface area contributed by atoms with Gasteiger partial charge in [-0.15, -0.1) is 11.3 Å². The number of nitrogens with two attached hydrogens (primary N) is 1. The molecule has 0 saturated carbocycles. The van der Waals surface area contributed by atoms with E-state index in [1.54, 1.807) is 24.6 Å². The SMILES string of the molecule is COc1csc(C(=O)Nc2cc(C)c(N)cn2)c1. The van der Waals surface area contributed by atoms with Crippen LogP contribution in [0.3, 0.4) is 0 Å². The fourth-order valence-electron chi connectivity index (χ4n) is 1.36. The molecule has 0 fully saturated rings. The maximum absolute atomic E-state index is 11.9. The van der Waals surface area contributed by atoms with E-state index in [4.69, 9.17) is 10.5 Å². The van der Waals surface area contributed by atoms with Crippen LogP contribution in [0.25, 0.3) is 0 Å². The molecule has 0 saturated heterocycles. The molecular formula is C12H13N3O2S. The van der Waals surface area contributed by atoms with Crippen molar-refractivity contribution in [3.05, 3.63) is 34.2 Å². The van der Waals surface area contributed by atoms with E-state index >= 15 is 0 Å². The van der Waals surface area contributed by atoms with Gasteiger partial charge < -0.3 is 15.8 Å². The number of nitrogens with one attached hydrogen (secondary N) is 1. The van der Waals surface area contributed by atoms with Crippen molar-refractivity contribution in [3.63, 3.8) is 0 Å². The van der Waals surface area contributed by atoms with Crippen molar-refractivity contribution in [3.8, 4) is 5.75 Å². The number of methoxy groups -OCH3 is 1. The lowest BCUT2D eigenvalue weighted by Crippen LogP contribution is -2.11. The third kappa shape index (κ3) is 2.60. The Morgan fingerprint density at radius 2 is 2.28 bits per heavy atom. The quantitative estimate of drug-likeness (QED) is 0.890. The van der Waals surface area contributed by atoms with Gasteiger partial charge in [-0.05, 0) is 18.6 Å². The van der Waals surface area contributed by atoms with Crippen molar-refractivity contribution in [2.45, 2.75) is 6.92 Å². The van der Waals surface area contributed by atoms with Crippen LogP contribution in [0.4, 0.5) is 11.5 Å². The zero-order valence-electron chi connectivity index (χ0n) is 10.1. The van der Waals surface area contributed by atoms with Gasteiger partial charge in [-0.25, -0.2) is 4.98 Å². The van der Waals surface area contributed by atoms with Gasteiger partial charge in [0.2, 0.25) is 0 Å². The molecule has 5 nitrogen and oxygen atoms in total. The third-order valence-corrected chi connectivity index (χ3v) is 3.34. The number of amides is 1. The summed E-state index contributed by atoms with van der Waals surface area (Å²) in [6, 6.07) is 3.42. The highest BCUT2D eigenvalue weighted by molar-refractivity contribution is 7.12. The summed E-state index contributed by atoms with van der Waals surface area (Å²) >= 11 is 1.32. The molecular weight excluding hydrogens is 250 g/mol. The average Bonchev–Trinajstić information content (AvgIpc) is 2.82. The van der Waals surface area contributed by atoms with Crippen LogP contribution in [0.1, 0.15) is 15.2 Å². The number of nitrogens with zero attached hydrogens (tertiary/aromatic N) is 1. The summed E-state index contributed by atoms with van der Waals surface area (Å²) < 4.78 is 5.03. The molecule has 2 rings (SSSR count). The van der Waals surface area contributed by atoms with Crippen molar-refractivity contribution in [1.29, 1.82) is 0 Å². The molecule has 2 aromatic rings. The van der Waals surface area contributed by atoms with Crippen LogP contribution in [-0.2, 0) is 0 Å². The number of nitrogen functional groups attached to an aromatic ring is 1. The van der Waals surface area contributed by atoms with E-state index in [9.17, 15) is 4.79 Å². The second-order valence-electron chi connectivity index (χ2n) is 3.73. The van der Waals surface area contributed by atoms with Crippen molar-refractivity contribution in [2.75, 3.05) is 18.2 Å². The fraction of sp³-hybridized carbons (Fsp3) is 0.167. The standard InChI is InChI=1S/C12H13N3O2S/c1-7-3-11(14-5-9(7)13)15-12(16)10-4-8(17-2)6-18-10/h3-6H,13H2,1-2H3,(H,14,15,16). The maximum atomic E-state index is 11.9. The Balaban J connectivity index is 2.13. The zero-order valence-corrected chi connectivity index (χ0v) is 10.9. The molecule has 94 valence electrons. The van der Waals surface area contributed by atoms with E-state index in [1.807, 2.05) is 6.92 Å². The van der Waals surface area contributed by atoms with Crippen LogP contribution in [0.5, 0.6) is 5.75 Å². The number of pyridine rings is 1. The lowest BCUT2D eigenvalue weighted by molar-refractivity contribution is 0.103. The number of ether oxygens (including phenoxy) is 1. The zero-order chi connectivity index (χ0) is 13.1. The first-order chi connectivity index (χ1) is 8.60. The molecule has 2 aromatic heterocycles. The van der Waals surface area contributed by atoms with Gasteiger partial charge in [0.25, 0.3) is 5.91 Å². The van der Waals surface area contributed by atoms with Crippen LogP contribution in [0.2, 0.25) is 0 Å². The van der Waals surface area contributed by atoms with Gasteiger partial charge in [-0.3, -0.25) is 4.79 Å². The lowest BCUT2D eigenvalue weighted by atomic mass is 10.2. The molecule has 0 radical (unpaired) electrons. The number of rotatable bonds is 3. The summed E-state index contributed by atoms with van der Waals surface area (Å²) in [5.41, 5.74) is 7.14. The van der Waals surface area contributed by atoms with Crippen molar-refractivity contribution < 1.29 is 9.53 Å². The number of hydrogen-bond donors (Lipinski definition) is 2. The second kappa shape index (κ2) is 5.05. The number of anilines is 2. The lowest BCUT2D eigenvalue weighted by Gasteiger charge is -2.05. The fourth-order valence-corrected chi connectivity index (χ4v) is 2.11. The molecule has 6 heteroatoms. The van der Waals surface area contributed by atoms with Crippen LogP contribution in [0, 0.1) is 6.92 Å². The molecule has 2 heterocycles. The van der Waals surface area contributed by atoms with Gasteiger partial charge in [-0.2, -0.15) is 0 Å². The molecule has 0 unspecified atom stereocenters. The van der Waals surface area contributed by atoms with Crippen LogP contribution >= 0.6 is 11.3 Å². The predicted octanol–water partition coefficient (Wildman–Crippen LogP) is 2.29. The van der Waals surface area contributed by atoms with E-state index < -0.39 is 0 Å². The van der Waals surface area contributed by atoms with Gasteiger partial charge in [0.15, 0.2) is 0 Å². The second-order valence-corrected chi connectivity index (χ2v) is 4.64. The Bertz CT molecular complexity index is 580. The Morgan fingerprint density at radius 3 is 2.89 bits per heavy atom. The Labute approximate surface area is 109 Å². The number of carbonyl (C=O) groups excluding carboxylic acids is 1. The summed E-state index contributed by atoms with van der Waals surface area (Å²) in [4.78, 5) is 16.5. The third-order valence-electron chi connectivity index (χ3n) is 2.43. The number of carbonyl (C=O) groups is 1. The number of aromatic nitrogens is 1. The van der Waals surface area contributed by atoms with E-state index in [-0.39, 0.29) is 5.91 Å². The first-order valence-corrected chi connectivity index (χ1v) is 6.14. The van der Waals surface area contributed by atoms with E-state index in [0.29, 0.717) is 22.1 Å². The first kappa shape index (κ1) is 12.4. The molecule has 0 aliphatic carbocycles. The van der Waals surface area contributed by atoms with E-state index in [1.165, 1.54) is 17.5 Å². The molecule has 0 bridgehead atoms. The maximum Gasteiger partial charge on any atom is 0.267 e. The highest BCUT2D eigenvalue weighted by Gasteiger charge is 2.10. The summed E-state index contributed by atoms with van der Waals surface area (Å²) in [6.07, 6.45) is 1.53. The molecule has 0 aliphatic heterocycles. The summed E-state index contributed by atoms with van der Waals surface area (Å²) in [6.45, 7) is 1.86. The number of aryl methyl sites for hydroxylation is 1. The molecule has 18 heavy (non-hydrogen) atoms. The molecule has 0 atom stereocenters. The van der Waals surface area contributed by atoms with E-state index in [0.717, 1.165) is 5.56 Å². The van der Waals surface area contributed by atoms with Gasteiger partial charge in [0.1, 0.15) is 11.6 Å². The van der Waals surface area contributed by atoms with E-state index in [2.05, 4.69) is 10.3 Å². The molecule has 3 N–H and O–H groups in total. The number of hydrogen-bond acceptors (Lipinski definition) is 5. The van der Waals surface area contributed by atoms with Crippen LogP contribution in [0.15, 0.2) is 23.7 Å². The van der Waals surface area contributed by atoms with Crippen LogP contribution in [-0.4, -0.2) is 18.0 Å². The molecule has 0 aliphatic rings. The molecule has 0 aromatic carbocycles. The monoisotopic (exact) mass is 263 g/mol. The minimum atomic E-state index is -0.208. The summed E-state index contributed by atoms with van der Waals surface area (Å²) in [5, 5.41) is 4.49. The summed E-state index contributed by atoms with van der Waals surface area (Å²) in [7, 11) is 1.56. The largest absolute Gasteiger partial charge is 0.496 e. The first-order valence-electron chi connectivity index (χ1n) is 5.26. The minimum absolute atomic E-state index is 0.208. The van der Waals surface area contributed by atoms with Crippen molar-refractivity contribution >= 4 is 28.7 Å². The Morgan fingerprint density at radius 1 is 1.50 bits per heavy atom. The van der Waals surface area contributed by atoms with Crippen molar-refractivity contribution in [1.82, 2.24) is 4.98 Å². The number of thiophene rings is 1. The van der Waals surface area contributed by atoms with Gasteiger partial charge in [0.05, 0.1) is 23.9 Å². The molecule has 0 spiro atoms. The van der Waals surface area contributed by atoms with Gasteiger partial charge in [-0.1, -0.05) is 0 Å². The topological polar surface area (TPSA) is 77.2 Å². The van der Waals surface area contributed by atoms with Crippen LogP contribution < -0.4 is 15.8 Å². The summed E-state index contributed by atoms with van der Waals surface area (Å²) in [5.74, 6) is 0.950. The predicted molar refractivity (Wildman–Crippen MR) is 72.2 cm³/mol. The molecule has 1 amide bonds. The highest BCUT2D eigenvalue weighted by atomic mass is 32.1. The van der Waals surface area contributed by atoms with Crippen molar-refractivity contribution in [2.24, 2.45) is 0 Å². The minimum Gasteiger partial charge on any atom is -0.496 e.